The van der Waals surface area contributed by atoms with Crippen molar-refractivity contribution in [3.8, 4) is 0 Å². The molecular weight excluding hydrogens is 372 g/mol. The largest absolute Gasteiger partial charge is 0.387 e. The number of imidazole rings is 1. The number of fused-ring (bicyclic) bond motifs is 1. The third kappa shape index (κ3) is 2.98. The third-order valence-electron chi connectivity index (χ3n) is 4.95. The zero-order chi connectivity index (χ0) is 19.1. The average Bonchev–Trinajstić information content (AvgIpc) is 3.23. The monoisotopic (exact) mass is 390 g/mol. The summed E-state index contributed by atoms with van der Waals surface area (Å²) in [6, 6.07) is 7.32. The number of aromatic nitrogens is 4. The first kappa shape index (κ1) is 17.9. The van der Waals surface area contributed by atoms with Gasteiger partial charge in [-0.05, 0) is 17.7 Å². The highest BCUT2D eigenvalue weighted by Crippen LogP contribution is 2.37. The SMILES string of the molecule is C[C@@H](c1ccc(Cl)cc1)[C@H]1O[C@@H](n2cnc3c(=NN)nc[nH]c32)[C@H](O)[C@@H]1O. The Kier molecular flexibility index (Phi) is 4.60. The van der Waals surface area contributed by atoms with Crippen LogP contribution in [0.4, 0.5) is 0 Å². The highest BCUT2D eigenvalue weighted by Gasteiger charge is 2.46. The summed E-state index contributed by atoms with van der Waals surface area (Å²) in [5, 5.41) is 25.4. The Balaban J connectivity index is 1.67. The summed E-state index contributed by atoms with van der Waals surface area (Å²) in [6.45, 7) is 1.93. The van der Waals surface area contributed by atoms with Gasteiger partial charge >= 0.3 is 0 Å². The molecule has 0 unspecified atom stereocenters. The summed E-state index contributed by atoms with van der Waals surface area (Å²) < 4.78 is 7.65. The lowest BCUT2D eigenvalue weighted by atomic mass is 9.91. The number of rotatable bonds is 3. The van der Waals surface area contributed by atoms with Crippen LogP contribution in [0.5, 0.6) is 0 Å². The fraction of sp³-hybridized carbons (Fsp3) is 0.353. The van der Waals surface area contributed by atoms with Crippen LogP contribution in [0, 0.1) is 0 Å². The summed E-state index contributed by atoms with van der Waals surface area (Å²) in [5.74, 6) is 5.17. The van der Waals surface area contributed by atoms with Crippen molar-refractivity contribution in [2.75, 3.05) is 0 Å². The van der Waals surface area contributed by atoms with Crippen molar-refractivity contribution >= 4 is 22.8 Å². The average molecular weight is 391 g/mol. The number of halogens is 1. The number of nitrogens with zero attached hydrogens (tertiary/aromatic N) is 4. The number of benzene rings is 1. The van der Waals surface area contributed by atoms with E-state index < -0.39 is 24.5 Å². The Morgan fingerprint density at radius 2 is 2.00 bits per heavy atom. The predicted octanol–water partition coefficient (Wildman–Crippen LogP) is 0.610. The molecule has 1 aliphatic heterocycles. The lowest BCUT2D eigenvalue weighted by Crippen LogP contribution is -2.34. The number of ether oxygens (including phenoxy) is 1. The van der Waals surface area contributed by atoms with Crippen LogP contribution >= 0.6 is 11.6 Å². The van der Waals surface area contributed by atoms with Crippen LogP contribution in [0.2, 0.25) is 5.02 Å². The maximum absolute atomic E-state index is 10.6. The van der Waals surface area contributed by atoms with E-state index in [9.17, 15) is 10.2 Å². The second-order valence-corrected chi connectivity index (χ2v) is 6.95. The van der Waals surface area contributed by atoms with Gasteiger partial charge in [0.15, 0.2) is 11.7 Å². The summed E-state index contributed by atoms with van der Waals surface area (Å²) in [7, 11) is 0. The predicted molar refractivity (Wildman–Crippen MR) is 97.4 cm³/mol. The number of H-pyrrole nitrogens is 1. The van der Waals surface area contributed by atoms with Crippen molar-refractivity contribution in [1.82, 2.24) is 19.5 Å². The highest BCUT2D eigenvalue weighted by molar-refractivity contribution is 6.30. The Morgan fingerprint density at radius 1 is 1.26 bits per heavy atom. The van der Waals surface area contributed by atoms with Crippen molar-refractivity contribution in [2.45, 2.75) is 37.4 Å². The van der Waals surface area contributed by atoms with Crippen LogP contribution in [0.25, 0.3) is 11.2 Å². The molecule has 4 rings (SSSR count). The lowest BCUT2D eigenvalue weighted by Gasteiger charge is -2.22. The Morgan fingerprint density at radius 3 is 2.70 bits per heavy atom. The van der Waals surface area contributed by atoms with Gasteiger partial charge < -0.3 is 25.8 Å². The number of aromatic amines is 1. The number of hydrogen-bond donors (Lipinski definition) is 4. The molecule has 0 aliphatic carbocycles. The van der Waals surface area contributed by atoms with Crippen LogP contribution < -0.4 is 11.3 Å². The normalized spacial score (nSPS) is 27.3. The molecular formula is C17H19ClN6O3. The molecule has 1 saturated heterocycles. The molecule has 5 N–H and O–H groups in total. The van der Waals surface area contributed by atoms with E-state index in [0.29, 0.717) is 16.2 Å². The second kappa shape index (κ2) is 6.93. The quantitative estimate of drug-likeness (QED) is 0.382. The minimum atomic E-state index is -1.14. The number of aliphatic hydroxyl groups excluding tert-OH is 2. The molecule has 1 aromatic carbocycles. The van der Waals surface area contributed by atoms with Gasteiger partial charge in [-0.3, -0.25) is 4.57 Å². The Bertz CT molecular complexity index is 1020. The van der Waals surface area contributed by atoms with Crippen LogP contribution in [0.15, 0.2) is 42.0 Å². The summed E-state index contributed by atoms with van der Waals surface area (Å²) in [5.41, 5.74) is 2.19. The maximum atomic E-state index is 10.6. The molecule has 0 spiro atoms. The van der Waals surface area contributed by atoms with Gasteiger partial charge in [0, 0.05) is 10.9 Å². The van der Waals surface area contributed by atoms with E-state index in [1.165, 1.54) is 12.7 Å². The van der Waals surface area contributed by atoms with Crippen molar-refractivity contribution in [3.05, 3.63) is 53.0 Å². The number of aliphatic hydroxyl groups is 2. The zero-order valence-corrected chi connectivity index (χ0v) is 15.2. The molecule has 0 radical (unpaired) electrons. The van der Waals surface area contributed by atoms with E-state index in [1.807, 2.05) is 19.1 Å². The summed E-state index contributed by atoms with van der Waals surface area (Å²) in [6.07, 6.45) is -0.718. The van der Waals surface area contributed by atoms with E-state index in [-0.39, 0.29) is 11.4 Å². The molecule has 0 amide bonds. The van der Waals surface area contributed by atoms with Crippen LogP contribution in [-0.2, 0) is 4.74 Å². The first-order valence-corrected chi connectivity index (χ1v) is 8.80. The minimum Gasteiger partial charge on any atom is -0.387 e. The van der Waals surface area contributed by atoms with Crippen molar-refractivity contribution in [2.24, 2.45) is 10.9 Å². The van der Waals surface area contributed by atoms with Crippen molar-refractivity contribution in [1.29, 1.82) is 0 Å². The summed E-state index contributed by atoms with van der Waals surface area (Å²) >= 11 is 5.94. The van der Waals surface area contributed by atoms with Gasteiger partial charge in [-0.2, -0.15) is 5.10 Å². The van der Waals surface area contributed by atoms with Gasteiger partial charge in [0.1, 0.15) is 17.9 Å². The molecule has 27 heavy (non-hydrogen) atoms. The number of nitrogens with one attached hydrogen (secondary N) is 1. The fourth-order valence-electron chi connectivity index (χ4n) is 3.46. The second-order valence-electron chi connectivity index (χ2n) is 6.52. The minimum absolute atomic E-state index is 0.160. The maximum Gasteiger partial charge on any atom is 0.202 e. The van der Waals surface area contributed by atoms with E-state index in [1.54, 1.807) is 16.7 Å². The highest BCUT2D eigenvalue weighted by atomic mass is 35.5. The standard InChI is InChI=1S/C17H19ClN6O3/c1-8(9-2-4-10(18)5-3-9)14-12(25)13(26)17(27-14)24-7-22-11-15(23-19)20-6-21-16(11)24/h2-8,12-14,17,25-26H,19H2,1H3,(H,20,21,23)/t8-,12-,13+,14+,17+/m0/s1. The molecule has 9 nitrogen and oxygen atoms in total. The molecule has 142 valence electrons. The van der Waals surface area contributed by atoms with Crippen molar-refractivity contribution in [3.63, 3.8) is 0 Å². The number of hydrogen-bond acceptors (Lipinski definition) is 7. The Hall–Kier alpha value is -2.46. The smallest absolute Gasteiger partial charge is 0.202 e. The van der Waals surface area contributed by atoms with E-state index in [2.05, 4.69) is 20.1 Å². The third-order valence-corrected chi connectivity index (χ3v) is 5.21. The lowest BCUT2D eigenvalue weighted by molar-refractivity contribution is -0.0412. The van der Waals surface area contributed by atoms with Gasteiger partial charge in [0.2, 0.25) is 5.49 Å². The van der Waals surface area contributed by atoms with Gasteiger partial charge in [-0.15, -0.1) is 0 Å². The van der Waals surface area contributed by atoms with Gasteiger partial charge in [0.05, 0.1) is 18.8 Å². The molecule has 1 fully saturated rings. The van der Waals surface area contributed by atoms with Crippen LogP contribution in [0.1, 0.15) is 24.6 Å². The first-order valence-electron chi connectivity index (χ1n) is 8.42. The van der Waals surface area contributed by atoms with Crippen LogP contribution in [0.3, 0.4) is 0 Å². The molecule has 10 heteroatoms. The number of nitrogens with two attached hydrogens (primary N) is 1. The molecule has 3 heterocycles. The van der Waals surface area contributed by atoms with Crippen molar-refractivity contribution < 1.29 is 14.9 Å². The van der Waals surface area contributed by atoms with Gasteiger partial charge in [-0.1, -0.05) is 30.7 Å². The van der Waals surface area contributed by atoms with Crippen LogP contribution in [-0.4, -0.2) is 48.0 Å². The first-order chi connectivity index (χ1) is 13.0. The molecule has 1 aliphatic rings. The Labute approximate surface area is 159 Å². The molecule has 0 bridgehead atoms. The molecule has 2 aromatic heterocycles. The van der Waals surface area contributed by atoms with E-state index in [0.717, 1.165) is 5.56 Å². The topological polar surface area (TPSA) is 135 Å². The zero-order valence-electron chi connectivity index (χ0n) is 14.4. The molecule has 3 aromatic rings. The van der Waals surface area contributed by atoms with E-state index in [4.69, 9.17) is 22.2 Å². The summed E-state index contributed by atoms with van der Waals surface area (Å²) in [4.78, 5) is 11.2. The van der Waals surface area contributed by atoms with Gasteiger partial charge in [-0.25, -0.2) is 9.97 Å². The fourth-order valence-corrected chi connectivity index (χ4v) is 3.58. The molecule has 5 atom stereocenters. The van der Waals surface area contributed by atoms with Gasteiger partial charge in [0.25, 0.3) is 0 Å². The molecule has 0 saturated carbocycles. The van der Waals surface area contributed by atoms with E-state index >= 15 is 0 Å².